The topological polar surface area (TPSA) is 65.7 Å². The SMILES string of the molecule is O=c1c(O)c(CN2CCCC2)ccn1Cc1ccccc1CO. The molecule has 23 heavy (non-hydrogen) atoms. The third-order valence-corrected chi connectivity index (χ3v) is 4.45. The number of likely N-dealkylation sites (tertiary alicyclic amines) is 1. The molecule has 0 spiro atoms. The van der Waals surface area contributed by atoms with Gasteiger partial charge in [-0.2, -0.15) is 0 Å². The van der Waals surface area contributed by atoms with Crippen molar-refractivity contribution in [2.75, 3.05) is 13.1 Å². The number of nitrogens with zero attached hydrogens (tertiary/aromatic N) is 2. The zero-order valence-electron chi connectivity index (χ0n) is 13.1. The average Bonchev–Trinajstić information content (AvgIpc) is 3.08. The molecule has 0 saturated carbocycles. The molecule has 1 aromatic carbocycles. The van der Waals surface area contributed by atoms with Crippen molar-refractivity contribution in [2.24, 2.45) is 0 Å². The lowest BCUT2D eigenvalue weighted by Crippen LogP contribution is -2.24. The van der Waals surface area contributed by atoms with E-state index in [-0.39, 0.29) is 17.9 Å². The molecular formula is C18H22N2O3. The molecule has 0 atom stereocenters. The van der Waals surface area contributed by atoms with Crippen LogP contribution in [0.1, 0.15) is 29.5 Å². The zero-order valence-corrected chi connectivity index (χ0v) is 13.1. The van der Waals surface area contributed by atoms with E-state index in [1.807, 2.05) is 30.3 Å². The molecule has 1 fully saturated rings. The van der Waals surface area contributed by atoms with Gasteiger partial charge in [0.2, 0.25) is 0 Å². The second-order valence-corrected chi connectivity index (χ2v) is 6.03. The van der Waals surface area contributed by atoms with E-state index in [0.717, 1.165) is 24.2 Å². The molecule has 2 aromatic rings. The van der Waals surface area contributed by atoms with Crippen molar-refractivity contribution < 1.29 is 10.2 Å². The van der Waals surface area contributed by atoms with Crippen LogP contribution < -0.4 is 5.56 Å². The number of aliphatic hydroxyl groups is 1. The summed E-state index contributed by atoms with van der Waals surface area (Å²) in [5.41, 5.74) is 1.97. The van der Waals surface area contributed by atoms with Crippen molar-refractivity contribution in [3.8, 4) is 5.75 Å². The van der Waals surface area contributed by atoms with Crippen LogP contribution in [0.5, 0.6) is 5.75 Å². The van der Waals surface area contributed by atoms with E-state index in [0.29, 0.717) is 18.7 Å². The van der Waals surface area contributed by atoms with E-state index >= 15 is 0 Å². The Morgan fingerprint density at radius 3 is 2.35 bits per heavy atom. The highest BCUT2D eigenvalue weighted by atomic mass is 16.3. The molecule has 0 radical (unpaired) electrons. The Hall–Kier alpha value is -2.11. The maximum Gasteiger partial charge on any atom is 0.293 e. The van der Waals surface area contributed by atoms with E-state index < -0.39 is 0 Å². The summed E-state index contributed by atoms with van der Waals surface area (Å²) in [4.78, 5) is 14.6. The van der Waals surface area contributed by atoms with Crippen molar-refractivity contribution in [2.45, 2.75) is 32.5 Å². The first-order valence-electron chi connectivity index (χ1n) is 8.00. The van der Waals surface area contributed by atoms with Crippen LogP contribution in [0.3, 0.4) is 0 Å². The van der Waals surface area contributed by atoms with Gasteiger partial charge in [0.05, 0.1) is 13.2 Å². The number of aromatic hydroxyl groups is 1. The molecule has 122 valence electrons. The summed E-state index contributed by atoms with van der Waals surface area (Å²) >= 11 is 0. The van der Waals surface area contributed by atoms with Gasteiger partial charge in [-0.3, -0.25) is 9.69 Å². The molecule has 5 heteroatoms. The van der Waals surface area contributed by atoms with Crippen LogP contribution >= 0.6 is 0 Å². The van der Waals surface area contributed by atoms with Crippen LogP contribution in [0.4, 0.5) is 0 Å². The van der Waals surface area contributed by atoms with Crippen LogP contribution in [0, 0.1) is 0 Å². The van der Waals surface area contributed by atoms with E-state index in [9.17, 15) is 15.0 Å². The van der Waals surface area contributed by atoms with Gasteiger partial charge in [0.25, 0.3) is 5.56 Å². The third kappa shape index (κ3) is 3.46. The fourth-order valence-corrected chi connectivity index (χ4v) is 3.08. The van der Waals surface area contributed by atoms with Gasteiger partial charge in [0.15, 0.2) is 5.75 Å². The number of aromatic nitrogens is 1. The highest BCUT2D eigenvalue weighted by molar-refractivity contribution is 5.31. The van der Waals surface area contributed by atoms with Crippen LogP contribution in [0.2, 0.25) is 0 Å². The second-order valence-electron chi connectivity index (χ2n) is 6.03. The monoisotopic (exact) mass is 314 g/mol. The number of benzene rings is 1. The quantitative estimate of drug-likeness (QED) is 0.881. The second kappa shape index (κ2) is 6.98. The van der Waals surface area contributed by atoms with Crippen molar-refractivity contribution >= 4 is 0 Å². The zero-order chi connectivity index (χ0) is 16.2. The van der Waals surface area contributed by atoms with E-state index in [4.69, 9.17) is 0 Å². The molecule has 3 rings (SSSR count). The molecule has 1 aliphatic heterocycles. The molecule has 5 nitrogen and oxygen atoms in total. The Morgan fingerprint density at radius 1 is 0.957 bits per heavy atom. The number of pyridine rings is 1. The summed E-state index contributed by atoms with van der Waals surface area (Å²) in [6.45, 7) is 2.94. The summed E-state index contributed by atoms with van der Waals surface area (Å²) < 4.78 is 1.48. The normalized spacial score (nSPS) is 15.2. The van der Waals surface area contributed by atoms with Crippen LogP contribution in [0.25, 0.3) is 0 Å². The molecule has 1 aliphatic rings. The summed E-state index contributed by atoms with van der Waals surface area (Å²) in [6, 6.07) is 9.27. The van der Waals surface area contributed by atoms with Crippen LogP contribution in [-0.4, -0.2) is 32.8 Å². The van der Waals surface area contributed by atoms with Crippen molar-refractivity contribution in [3.05, 3.63) is 63.6 Å². The molecule has 1 saturated heterocycles. The predicted molar refractivity (Wildman–Crippen MR) is 88.3 cm³/mol. The van der Waals surface area contributed by atoms with Crippen molar-refractivity contribution in [1.82, 2.24) is 9.47 Å². The smallest absolute Gasteiger partial charge is 0.293 e. The van der Waals surface area contributed by atoms with Crippen molar-refractivity contribution in [3.63, 3.8) is 0 Å². The van der Waals surface area contributed by atoms with Gasteiger partial charge in [0.1, 0.15) is 0 Å². The fourth-order valence-electron chi connectivity index (χ4n) is 3.08. The Balaban J connectivity index is 1.83. The average molecular weight is 314 g/mol. The Morgan fingerprint density at radius 2 is 1.65 bits per heavy atom. The summed E-state index contributed by atoms with van der Waals surface area (Å²) in [5.74, 6) is -0.166. The van der Waals surface area contributed by atoms with Crippen LogP contribution in [0.15, 0.2) is 41.3 Å². The highest BCUT2D eigenvalue weighted by Crippen LogP contribution is 2.18. The van der Waals surface area contributed by atoms with E-state index in [1.165, 1.54) is 17.4 Å². The van der Waals surface area contributed by atoms with Gasteiger partial charge in [-0.25, -0.2) is 0 Å². The van der Waals surface area contributed by atoms with E-state index in [1.54, 1.807) is 6.20 Å². The predicted octanol–water partition coefficient (Wildman–Crippen LogP) is 1.69. The van der Waals surface area contributed by atoms with Gasteiger partial charge in [0, 0.05) is 18.3 Å². The minimum Gasteiger partial charge on any atom is -0.503 e. The van der Waals surface area contributed by atoms with Crippen molar-refractivity contribution in [1.29, 1.82) is 0 Å². The molecule has 0 amide bonds. The lowest BCUT2D eigenvalue weighted by molar-refractivity contribution is 0.280. The van der Waals surface area contributed by atoms with Gasteiger partial charge < -0.3 is 14.8 Å². The Labute approximate surface area is 135 Å². The highest BCUT2D eigenvalue weighted by Gasteiger charge is 2.16. The number of aliphatic hydroxyl groups excluding tert-OH is 1. The molecule has 0 aliphatic carbocycles. The molecule has 2 heterocycles. The first kappa shape index (κ1) is 15.8. The van der Waals surface area contributed by atoms with Gasteiger partial charge >= 0.3 is 0 Å². The Bertz CT molecular complexity index is 733. The molecular weight excluding hydrogens is 292 g/mol. The van der Waals surface area contributed by atoms with Gasteiger partial charge in [-0.05, 0) is 43.1 Å². The molecule has 2 N–H and O–H groups in total. The first-order chi connectivity index (χ1) is 11.2. The van der Waals surface area contributed by atoms with E-state index in [2.05, 4.69) is 4.90 Å². The first-order valence-corrected chi connectivity index (χ1v) is 8.00. The minimum absolute atomic E-state index is 0.0655. The van der Waals surface area contributed by atoms with Crippen LogP contribution in [-0.2, 0) is 19.7 Å². The molecule has 0 unspecified atom stereocenters. The lowest BCUT2D eigenvalue weighted by atomic mass is 10.1. The summed E-state index contributed by atoms with van der Waals surface area (Å²) in [5, 5.41) is 19.6. The number of hydrogen-bond acceptors (Lipinski definition) is 4. The standard InChI is InChI=1S/C18H22N2O3/c21-13-16-6-2-1-5-14(16)12-20-10-7-15(17(22)18(20)23)11-19-8-3-4-9-19/h1-2,5-7,10,21-22H,3-4,8-9,11-13H2. The van der Waals surface area contributed by atoms with Gasteiger partial charge in [-0.1, -0.05) is 24.3 Å². The molecule has 0 bridgehead atoms. The summed E-state index contributed by atoms with van der Waals surface area (Å²) in [6.07, 6.45) is 4.08. The maximum absolute atomic E-state index is 12.4. The third-order valence-electron chi connectivity index (χ3n) is 4.45. The molecule has 1 aromatic heterocycles. The maximum atomic E-state index is 12.4. The number of rotatable bonds is 5. The summed E-state index contributed by atoms with van der Waals surface area (Å²) in [7, 11) is 0. The fraction of sp³-hybridized carbons (Fsp3) is 0.389. The largest absolute Gasteiger partial charge is 0.503 e. The Kier molecular flexibility index (Phi) is 4.79. The van der Waals surface area contributed by atoms with Gasteiger partial charge in [-0.15, -0.1) is 0 Å². The number of hydrogen-bond donors (Lipinski definition) is 2. The minimum atomic E-state index is -0.380. The lowest BCUT2D eigenvalue weighted by Gasteiger charge is -2.16.